The van der Waals surface area contributed by atoms with Crippen molar-refractivity contribution in [1.29, 1.82) is 0 Å². The molecule has 0 spiro atoms. The number of nitrogens with one attached hydrogen (secondary N) is 1. The Labute approximate surface area is 168 Å². The molecule has 0 aromatic heterocycles. The van der Waals surface area contributed by atoms with Crippen LogP contribution in [0.5, 0.6) is 0 Å². The fourth-order valence-electron chi connectivity index (χ4n) is 2.96. The van der Waals surface area contributed by atoms with E-state index in [1.165, 1.54) is 23.6 Å². The number of nitrogens with zero attached hydrogens (tertiary/aromatic N) is 1. The highest BCUT2D eigenvalue weighted by atomic mass is 32.2. The van der Waals surface area contributed by atoms with Crippen LogP contribution in [0.15, 0.2) is 53.4 Å². The van der Waals surface area contributed by atoms with E-state index in [0.29, 0.717) is 21.9 Å². The monoisotopic (exact) mass is 394 g/mol. The summed E-state index contributed by atoms with van der Waals surface area (Å²) in [6.45, 7) is 7.39. The Morgan fingerprint density at radius 3 is 2.11 bits per heavy atom. The van der Waals surface area contributed by atoms with E-state index in [2.05, 4.69) is 5.32 Å². The van der Waals surface area contributed by atoms with Gasteiger partial charge in [-0.2, -0.15) is 0 Å². The zero-order chi connectivity index (χ0) is 20.4. The molecule has 1 N–H and O–H groups in total. The fourth-order valence-corrected chi connectivity index (χ4v) is 3.95. The summed E-state index contributed by atoms with van der Waals surface area (Å²) >= 11 is 1.40. The van der Waals surface area contributed by atoms with Crippen LogP contribution in [0.25, 0.3) is 5.57 Å². The van der Waals surface area contributed by atoms with Gasteiger partial charge in [0, 0.05) is 17.9 Å². The number of hydrogen-bond acceptors (Lipinski definition) is 4. The lowest BCUT2D eigenvalue weighted by molar-refractivity contribution is -0.120. The average molecular weight is 394 g/mol. The lowest BCUT2D eigenvalue weighted by atomic mass is 10.0. The van der Waals surface area contributed by atoms with Crippen LogP contribution in [0.3, 0.4) is 0 Å². The first kappa shape index (κ1) is 19.9. The lowest BCUT2D eigenvalue weighted by Crippen LogP contribution is -2.31. The number of aryl methyl sites for hydroxylation is 1. The first-order valence-electron chi connectivity index (χ1n) is 9.02. The number of rotatable bonds is 5. The highest BCUT2D eigenvalue weighted by Gasteiger charge is 2.40. The highest BCUT2D eigenvalue weighted by molar-refractivity contribution is 8.04. The average Bonchev–Trinajstić information content (AvgIpc) is 2.86. The first-order chi connectivity index (χ1) is 13.3. The Morgan fingerprint density at radius 1 is 0.964 bits per heavy atom. The van der Waals surface area contributed by atoms with Crippen LogP contribution in [0.1, 0.15) is 31.9 Å². The molecule has 6 heteroatoms. The third kappa shape index (κ3) is 4.02. The second-order valence-electron chi connectivity index (χ2n) is 6.91. The Balaban J connectivity index is 2.00. The molecular formula is C22H22N2O3S. The Bertz CT molecular complexity index is 960. The van der Waals surface area contributed by atoms with Crippen LogP contribution in [-0.4, -0.2) is 23.0 Å². The summed E-state index contributed by atoms with van der Waals surface area (Å²) < 4.78 is 0. The third-order valence-corrected chi connectivity index (χ3v) is 5.27. The van der Waals surface area contributed by atoms with Crippen LogP contribution in [0.4, 0.5) is 11.4 Å². The van der Waals surface area contributed by atoms with Gasteiger partial charge < -0.3 is 5.32 Å². The summed E-state index contributed by atoms with van der Waals surface area (Å²) in [6.07, 6.45) is 0. The maximum atomic E-state index is 13.2. The smallest absolute Gasteiger partial charge is 0.272 e. The zero-order valence-electron chi connectivity index (χ0n) is 16.3. The molecule has 0 aliphatic carbocycles. The van der Waals surface area contributed by atoms with Gasteiger partial charge in [-0.1, -0.05) is 43.7 Å². The van der Waals surface area contributed by atoms with E-state index in [4.69, 9.17) is 0 Å². The van der Waals surface area contributed by atoms with Crippen LogP contribution in [0.2, 0.25) is 0 Å². The molecular weight excluding hydrogens is 372 g/mol. The standard InChI is InChI=1S/C22H22N2O3S/c1-13(2)28-20-19(16-7-5-14(3)6-8-16)21(26)24(22(20)27)18-11-9-17(10-12-18)23-15(4)25/h5-13H,1-4H3,(H,23,25). The first-order valence-corrected chi connectivity index (χ1v) is 9.90. The zero-order valence-corrected chi connectivity index (χ0v) is 17.1. The molecule has 1 heterocycles. The molecule has 0 saturated heterocycles. The van der Waals surface area contributed by atoms with E-state index in [1.54, 1.807) is 24.3 Å². The fraction of sp³-hybridized carbons (Fsp3) is 0.227. The summed E-state index contributed by atoms with van der Waals surface area (Å²) in [5, 5.41) is 2.84. The van der Waals surface area contributed by atoms with Crippen LogP contribution < -0.4 is 10.2 Å². The molecule has 1 aliphatic heterocycles. The topological polar surface area (TPSA) is 66.5 Å². The van der Waals surface area contributed by atoms with Gasteiger partial charge in [-0.25, -0.2) is 4.90 Å². The van der Waals surface area contributed by atoms with Crippen LogP contribution in [-0.2, 0) is 14.4 Å². The second kappa shape index (κ2) is 8.02. The van der Waals surface area contributed by atoms with Gasteiger partial charge in [0.1, 0.15) is 0 Å². The summed E-state index contributed by atoms with van der Waals surface area (Å²) in [7, 11) is 0. The summed E-state index contributed by atoms with van der Waals surface area (Å²) in [5.41, 5.74) is 3.36. The molecule has 0 saturated carbocycles. The predicted molar refractivity (Wildman–Crippen MR) is 114 cm³/mol. The molecule has 28 heavy (non-hydrogen) atoms. The van der Waals surface area contributed by atoms with E-state index in [1.807, 2.05) is 45.0 Å². The molecule has 1 aliphatic rings. The van der Waals surface area contributed by atoms with Gasteiger partial charge in [-0.3, -0.25) is 14.4 Å². The van der Waals surface area contributed by atoms with E-state index in [0.717, 1.165) is 11.1 Å². The minimum absolute atomic E-state index is 0.161. The van der Waals surface area contributed by atoms with E-state index < -0.39 is 0 Å². The molecule has 3 amide bonds. The van der Waals surface area contributed by atoms with E-state index in [-0.39, 0.29) is 23.0 Å². The lowest BCUT2D eigenvalue weighted by Gasteiger charge is -2.16. The Kier molecular flexibility index (Phi) is 5.70. The van der Waals surface area contributed by atoms with Crippen molar-refractivity contribution >= 4 is 46.4 Å². The van der Waals surface area contributed by atoms with Crippen molar-refractivity contribution in [2.24, 2.45) is 0 Å². The summed E-state index contributed by atoms with van der Waals surface area (Å²) in [4.78, 5) is 39.2. The van der Waals surface area contributed by atoms with Gasteiger partial charge in [-0.05, 0) is 36.8 Å². The minimum atomic E-state index is -0.329. The molecule has 2 aromatic rings. The largest absolute Gasteiger partial charge is 0.326 e. The molecule has 0 radical (unpaired) electrons. The van der Waals surface area contributed by atoms with Crippen molar-refractivity contribution in [2.45, 2.75) is 32.9 Å². The number of anilines is 2. The van der Waals surface area contributed by atoms with Crippen molar-refractivity contribution in [2.75, 3.05) is 10.2 Å². The molecule has 0 fully saturated rings. The molecule has 3 rings (SSSR count). The Morgan fingerprint density at radius 2 is 1.57 bits per heavy atom. The normalized spacial score (nSPS) is 14.2. The van der Waals surface area contributed by atoms with Gasteiger partial charge >= 0.3 is 0 Å². The number of imide groups is 1. The van der Waals surface area contributed by atoms with Gasteiger partial charge in [0.05, 0.1) is 16.2 Å². The van der Waals surface area contributed by atoms with E-state index >= 15 is 0 Å². The van der Waals surface area contributed by atoms with E-state index in [9.17, 15) is 14.4 Å². The number of carbonyl (C=O) groups is 3. The third-order valence-electron chi connectivity index (χ3n) is 4.18. The van der Waals surface area contributed by atoms with Crippen molar-refractivity contribution in [3.8, 4) is 0 Å². The summed E-state index contributed by atoms with van der Waals surface area (Å²) in [6, 6.07) is 14.3. The Hall–Kier alpha value is -2.86. The highest BCUT2D eigenvalue weighted by Crippen LogP contribution is 2.40. The number of thioether (sulfide) groups is 1. The van der Waals surface area contributed by atoms with Gasteiger partial charge in [0.25, 0.3) is 11.8 Å². The van der Waals surface area contributed by atoms with Gasteiger partial charge in [0.15, 0.2) is 0 Å². The number of hydrogen-bond donors (Lipinski definition) is 1. The molecule has 0 atom stereocenters. The van der Waals surface area contributed by atoms with Gasteiger partial charge in [0.2, 0.25) is 5.91 Å². The van der Waals surface area contributed by atoms with Crippen molar-refractivity contribution < 1.29 is 14.4 Å². The van der Waals surface area contributed by atoms with Crippen molar-refractivity contribution in [3.05, 3.63) is 64.6 Å². The van der Waals surface area contributed by atoms with Crippen LogP contribution >= 0.6 is 11.8 Å². The number of carbonyl (C=O) groups excluding carboxylic acids is 3. The predicted octanol–water partition coefficient (Wildman–Crippen LogP) is 4.38. The maximum Gasteiger partial charge on any atom is 0.272 e. The second-order valence-corrected chi connectivity index (χ2v) is 8.50. The van der Waals surface area contributed by atoms with Gasteiger partial charge in [-0.15, -0.1) is 11.8 Å². The molecule has 144 valence electrons. The van der Waals surface area contributed by atoms with Crippen LogP contribution in [0, 0.1) is 6.92 Å². The number of amides is 3. The molecule has 0 bridgehead atoms. The maximum absolute atomic E-state index is 13.2. The molecule has 0 unspecified atom stereocenters. The molecule has 2 aromatic carbocycles. The molecule has 5 nitrogen and oxygen atoms in total. The van der Waals surface area contributed by atoms with Crippen molar-refractivity contribution in [3.63, 3.8) is 0 Å². The van der Waals surface area contributed by atoms with Crippen molar-refractivity contribution in [1.82, 2.24) is 0 Å². The minimum Gasteiger partial charge on any atom is -0.326 e. The quantitative estimate of drug-likeness (QED) is 0.765. The SMILES string of the molecule is CC(=O)Nc1ccc(N2C(=O)C(SC(C)C)=C(c3ccc(C)cc3)C2=O)cc1. The number of benzene rings is 2. The summed E-state index contributed by atoms with van der Waals surface area (Å²) in [5.74, 6) is -0.823.